The van der Waals surface area contributed by atoms with E-state index in [1.54, 1.807) is 45.0 Å². The van der Waals surface area contributed by atoms with Gasteiger partial charge >= 0.3 is 0 Å². The molecule has 12 heteroatoms. The van der Waals surface area contributed by atoms with Crippen LogP contribution in [0.4, 0.5) is 5.69 Å². The van der Waals surface area contributed by atoms with E-state index in [9.17, 15) is 18.0 Å². The van der Waals surface area contributed by atoms with E-state index >= 15 is 0 Å². The molecule has 1 heterocycles. The van der Waals surface area contributed by atoms with Crippen molar-refractivity contribution in [3.63, 3.8) is 0 Å². The molecule has 3 rings (SSSR count). The van der Waals surface area contributed by atoms with Crippen LogP contribution in [0.3, 0.4) is 0 Å². The number of hydrogen-bond acceptors (Lipinski definition) is 6. The molecular formula is C23H27Cl2N3O6S. The first-order chi connectivity index (χ1) is 16.4. The number of amides is 2. The van der Waals surface area contributed by atoms with E-state index in [1.165, 1.54) is 17.0 Å². The van der Waals surface area contributed by atoms with E-state index in [2.05, 4.69) is 5.32 Å². The van der Waals surface area contributed by atoms with Crippen LogP contribution in [0.5, 0.6) is 11.5 Å². The molecule has 9 nitrogen and oxygen atoms in total. The van der Waals surface area contributed by atoms with Gasteiger partial charge in [-0.15, -0.1) is 0 Å². The van der Waals surface area contributed by atoms with Crippen molar-refractivity contribution in [2.75, 3.05) is 23.9 Å². The van der Waals surface area contributed by atoms with Crippen molar-refractivity contribution in [3.05, 3.63) is 52.0 Å². The van der Waals surface area contributed by atoms with Crippen molar-refractivity contribution >= 4 is 50.7 Å². The zero-order valence-electron chi connectivity index (χ0n) is 19.7. The van der Waals surface area contributed by atoms with Crippen molar-refractivity contribution in [2.45, 2.75) is 39.4 Å². The Morgan fingerprint density at radius 1 is 1.03 bits per heavy atom. The second-order valence-corrected chi connectivity index (χ2v) is 11.1. The minimum atomic E-state index is -3.86. The third kappa shape index (κ3) is 6.71. The van der Waals surface area contributed by atoms with Gasteiger partial charge in [-0.3, -0.25) is 13.9 Å². The van der Waals surface area contributed by atoms with E-state index in [1.807, 2.05) is 0 Å². The lowest BCUT2D eigenvalue weighted by molar-refractivity contribution is -0.139. The van der Waals surface area contributed by atoms with Crippen LogP contribution in [0.2, 0.25) is 10.0 Å². The molecule has 0 saturated carbocycles. The van der Waals surface area contributed by atoms with Crippen molar-refractivity contribution in [1.29, 1.82) is 0 Å². The van der Waals surface area contributed by atoms with Crippen LogP contribution in [-0.4, -0.2) is 56.8 Å². The van der Waals surface area contributed by atoms with Gasteiger partial charge in [0.25, 0.3) is 0 Å². The number of fused-ring (bicyclic) bond motifs is 1. The molecule has 35 heavy (non-hydrogen) atoms. The number of rotatable bonds is 9. The summed E-state index contributed by atoms with van der Waals surface area (Å²) >= 11 is 12.1. The Morgan fingerprint density at radius 3 is 2.34 bits per heavy atom. The number of carbonyl (C=O) groups excluding carboxylic acids is 2. The lowest BCUT2D eigenvalue weighted by Gasteiger charge is -2.32. The van der Waals surface area contributed by atoms with Gasteiger partial charge in [0.05, 0.1) is 22.0 Å². The molecule has 0 fully saturated rings. The summed E-state index contributed by atoms with van der Waals surface area (Å²) < 4.78 is 36.9. The highest BCUT2D eigenvalue weighted by atomic mass is 35.5. The maximum Gasteiger partial charge on any atom is 0.244 e. The number of ether oxygens (including phenoxy) is 2. The monoisotopic (exact) mass is 543 g/mol. The molecule has 0 aliphatic carbocycles. The molecule has 0 spiro atoms. The van der Waals surface area contributed by atoms with Crippen LogP contribution in [0.1, 0.15) is 26.3 Å². The Bertz CT molecular complexity index is 1220. The average Bonchev–Trinajstić information content (AvgIpc) is 3.24. The van der Waals surface area contributed by atoms with Crippen molar-refractivity contribution in [2.24, 2.45) is 0 Å². The predicted molar refractivity (Wildman–Crippen MR) is 135 cm³/mol. The quantitative estimate of drug-likeness (QED) is 0.519. The number of anilines is 1. The summed E-state index contributed by atoms with van der Waals surface area (Å²) in [6.45, 7) is 4.71. The molecule has 190 valence electrons. The Labute approximate surface area is 214 Å². The first kappa shape index (κ1) is 26.9. The third-order valence-corrected chi connectivity index (χ3v) is 7.14. The van der Waals surface area contributed by atoms with E-state index in [0.717, 1.165) is 10.6 Å². The number of nitrogens with one attached hydrogen (secondary N) is 1. The number of benzene rings is 2. The molecule has 0 radical (unpaired) electrons. The van der Waals surface area contributed by atoms with Gasteiger partial charge in [-0.25, -0.2) is 8.42 Å². The fourth-order valence-corrected chi connectivity index (χ4v) is 4.64. The molecule has 2 aromatic rings. The fraction of sp³-hybridized carbons (Fsp3) is 0.391. The molecule has 0 bridgehead atoms. The maximum atomic E-state index is 13.5. The van der Waals surface area contributed by atoms with Gasteiger partial charge in [0.1, 0.15) is 12.6 Å². The summed E-state index contributed by atoms with van der Waals surface area (Å²) in [6.07, 6.45) is 1.00. The van der Waals surface area contributed by atoms with Crippen molar-refractivity contribution in [3.8, 4) is 11.5 Å². The van der Waals surface area contributed by atoms with E-state index in [4.69, 9.17) is 32.7 Å². The molecular weight excluding hydrogens is 517 g/mol. The van der Waals surface area contributed by atoms with Gasteiger partial charge in [-0.05, 0) is 50.6 Å². The van der Waals surface area contributed by atoms with Gasteiger partial charge in [0, 0.05) is 18.7 Å². The highest BCUT2D eigenvalue weighted by Crippen LogP contribution is 2.36. The number of sulfonamides is 1. The number of nitrogens with zero attached hydrogens (tertiary/aromatic N) is 2. The van der Waals surface area contributed by atoms with Crippen LogP contribution in [-0.2, 0) is 26.2 Å². The van der Waals surface area contributed by atoms with Gasteiger partial charge in [-0.1, -0.05) is 29.3 Å². The summed E-state index contributed by atoms with van der Waals surface area (Å²) in [5, 5.41) is 3.44. The van der Waals surface area contributed by atoms with Crippen LogP contribution >= 0.6 is 23.2 Å². The topological polar surface area (TPSA) is 105 Å². The molecule has 2 amide bonds. The molecule has 0 unspecified atom stereocenters. The van der Waals surface area contributed by atoms with E-state index in [0.29, 0.717) is 27.1 Å². The number of hydrogen-bond donors (Lipinski definition) is 1. The SMILES string of the molecule is CC(C)NC(=O)[C@@H](C)N(Cc1ccc(Cl)c(Cl)c1)C(=O)CN(c1ccc2c(c1)OCO2)S(C)(=O)=O. The zero-order chi connectivity index (χ0) is 25.9. The minimum Gasteiger partial charge on any atom is -0.454 e. The van der Waals surface area contributed by atoms with Crippen LogP contribution in [0.25, 0.3) is 0 Å². The summed E-state index contributed by atoms with van der Waals surface area (Å²) in [5.74, 6) is -0.0948. The zero-order valence-corrected chi connectivity index (χ0v) is 22.1. The summed E-state index contributed by atoms with van der Waals surface area (Å²) in [5.41, 5.74) is 0.866. The average molecular weight is 544 g/mol. The normalized spacial score (nSPS) is 13.5. The first-order valence-electron chi connectivity index (χ1n) is 10.8. The molecule has 2 aromatic carbocycles. The lowest BCUT2D eigenvalue weighted by Crippen LogP contribution is -2.52. The van der Waals surface area contributed by atoms with Gasteiger partial charge in [-0.2, -0.15) is 0 Å². The molecule has 1 N–H and O–H groups in total. The van der Waals surface area contributed by atoms with Crippen LogP contribution in [0, 0.1) is 0 Å². The molecule has 1 aliphatic heterocycles. The second kappa shape index (κ2) is 10.9. The van der Waals surface area contributed by atoms with Crippen LogP contribution in [0.15, 0.2) is 36.4 Å². The number of halogens is 2. The lowest BCUT2D eigenvalue weighted by atomic mass is 10.1. The molecule has 0 saturated heterocycles. The highest BCUT2D eigenvalue weighted by Gasteiger charge is 2.31. The van der Waals surface area contributed by atoms with Crippen molar-refractivity contribution in [1.82, 2.24) is 10.2 Å². The van der Waals surface area contributed by atoms with Gasteiger partial charge in [0.2, 0.25) is 28.6 Å². The highest BCUT2D eigenvalue weighted by molar-refractivity contribution is 7.92. The minimum absolute atomic E-state index is 0.0150. The molecule has 1 atom stereocenters. The second-order valence-electron chi connectivity index (χ2n) is 8.42. The molecule has 1 aliphatic rings. The standard InChI is InChI=1S/C23H27Cl2N3O6S/c1-14(2)26-23(30)15(3)27(11-16-5-7-18(24)19(25)9-16)22(29)12-28(35(4,31)32)17-6-8-20-21(10-17)34-13-33-20/h5-10,14-15H,11-13H2,1-4H3,(H,26,30)/t15-/m1/s1. The first-order valence-corrected chi connectivity index (χ1v) is 13.4. The Hall–Kier alpha value is -2.69. The smallest absolute Gasteiger partial charge is 0.244 e. The predicted octanol–water partition coefficient (Wildman–Crippen LogP) is 3.43. The fourth-order valence-electron chi connectivity index (χ4n) is 3.48. The summed E-state index contributed by atoms with van der Waals surface area (Å²) in [7, 11) is -3.86. The molecule has 0 aromatic heterocycles. The van der Waals surface area contributed by atoms with Crippen molar-refractivity contribution < 1.29 is 27.5 Å². The maximum absolute atomic E-state index is 13.5. The third-order valence-electron chi connectivity index (χ3n) is 5.26. The van der Waals surface area contributed by atoms with E-state index in [-0.39, 0.29) is 31.0 Å². The Morgan fingerprint density at radius 2 is 1.71 bits per heavy atom. The van der Waals surface area contributed by atoms with E-state index < -0.39 is 28.5 Å². The summed E-state index contributed by atoms with van der Waals surface area (Å²) in [4.78, 5) is 27.6. The Balaban J connectivity index is 1.93. The number of carbonyl (C=O) groups is 2. The van der Waals surface area contributed by atoms with Crippen LogP contribution < -0.4 is 19.1 Å². The van der Waals surface area contributed by atoms with Gasteiger partial charge in [0.15, 0.2) is 11.5 Å². The Kier molecular flexibility index (Phi) is 8.40. The van der Waals surface area contributed by atoms with Gasteiger partial charge < -0.3 is 19.7 Å². The largest absolute Gasteiger partial charge is 0.454 e. The summed E-state index contributed by atoms with van der Waals surface area (Å²) in [6, 6.07) is 8.44.